The van der Waals surface area contributed by atoms with Gasteiger partial charge >= 0.3 is 5.97 Å². The normalized spacial score (nSPS) is 16.0. The molecule has 0 bridgehead atoms. The van der Waals surface area contributed by atoms with Crippen molar-refractivity contribution < 1.29 is 47.7 Å². The number of nitrogens with one attached hydrogen (secondary N) is 1. The maximum atomic E-state index is 14.1. The number of hydrogen-bond donors (Lipinski definition) is 1. The Morgan fingerprint density at radius 1 is 0.791 bits per heavy atom. The van der Waals surface area contributed by atoms with Crippen LogP contribution in [-0.2, 0) is 45.2 Å². The second kappa shape index (κ2) is 19.0. The Morgan fingerprint density at radius 2 is 1.45 bits per heavy atom. The number of hydrogen-bond acceptors (Lipinski definition) is 13. The van der Waals surface area contributed by atoms with E-state index in [0.29, 0.717) is 71.6 Å². The molecule has 2 amide bonds. The van der Waals surface area contributed by atoms with Gasteiger partial charge in [0.2, 0.25) is 6.10 Å². The molecule has 0 radical (unpaired) electrons. The van der Waals surface area contributed by atoms with Crippen molar-refractivity contribution in [3.63, 3.8) is 0 Å². The molecule has 9 rings (SSSR count). The zero-order chi connectivity index (χ0) is 46.8. The first kappa shape index (κ1) is 44.5. The molecule has 1 N–H and O–H groups in total. The number of esters is 1. The summed E-state index contributed by atoms with van der Waals surface area (Å²) in [7, 11) is 4.94. The van der Waals surface area contributed by atoms with Crippen LogP contribution in [0.3, 0.4) is 0 Å². The smallest absolute Gasteiger partial charge is 0.307 e. The third-order valence-corrected chi connectivity index (χ3v) is 12.8. The van der Waals surface area contributed by atoms with Crippen LogP contribution in [0.1, 0.15) is 68.7 Å². The highest BCUT2D eigenvalue weighted by Crippen LogP contribution is 2.42. The molecule has 0 spiro atoms. The Kier molecular flexibility index (Phi) is 12.7. The van der Waals surface area contributed by atoms with Gasteiger partial charge in [0.05, 0.1) is 42.8 Å². The van der Waals surface area contributed by atoms with Crippen LogP contribution in [0.5, 0.6) is 23.0 Å². The van der Waals surface area contributed by atoms with E-state index < -0.39 is 12.1 Å². The molecule has 0 aromatic heterocycles. The summed E-state index contributed by atoms with van der Waals surface area (Å²) in [6, 6.07) is 28.5. The molecule has 15 nitrogen and oxygen atoms in total. The number of ether oxygens (including phenoxy) is 5. The number of carbonyl (C=O) groups excluding carboxylic acids is 5. The molecule has 5 aromatic carbocycles. The van der Waals surface area contributed by atoms with E-state index in [0.717, 1.165) is 52.2 Å². The average Bonchev–Trinajstić information content (AvgIpc) is 4.02. The first-order valence-corrected chi connectivity index (χ1v) is 22.3. The van der Waals surface area contributed by atoms with Gasteiger partial charge in [0.1, 0.15) is 13.2 Å². The van der Waals surface area contributed by atoms with E-state index >= 15 is 0 Å². The van der Waals surface area contributed by atoms with Crippen molar-refractivity contribution in [2.24, 2.45) is 4.99 Å². The third-order valence-electron chi connectivity index (χ3n) is 12.8. The van der Waals surface area contributed by atoms with E-state index in [9.17, 15) is 24.0 Å². The Balaban J connectivity index is 0.951. The number of nitrogens with zero attached hydrogens (tertiary/aromatic N) is 4. The molecule has 1 saturated carbocycles. The van der Waals surface area contributed by atoms with E-state index in [-0.39, 0.29) is 61.9 Å². The fraction of sp³-hybridized carbons (Fsp3) is 0.308. The number of anilines is 4. The van der Waals surface area contributed by atoms with E-state index in [1.54, 1.807) is 29.2 Å². The Morgan fingerprint density at radius 3 is 2.15 bits per heavy atom. The number of carbonyl (C=O) groups is 5. The van der Waals surface area contributed by atoms with Gasteiger partial charge in [-0.3, -0.25) is 29.0 Å². The summed E-state index contributed by atoms with van der Waals surface area (Å²) in [5, 5.41) is 3.48. The van der Waals surface area contributed by atoms with Gasteiger partial charge in [0, 0.05) is 75.1 Å². The topological polar surface area (TPSA) is 166 Å². The van der Waals surface area contributed by atoms with Crippen LogP contribution in [0, 0.1) is 0 Å². The van der Waals surface area contributed by atoms with Crippen molar-refractivity contribution >= 4 is 64.5 Å². The largest absolute Gasteiger partial charge is 0.493 e. The molecule has 1 aliphatic carbocycles. The predicted molar refractivity (Wildman–Crippen MR) is 253 cm³/mol. The molecular weight excluding hydrogens is 855 g/mol. The molecule has 0 unspecified atom stereocenters. The van der Waals surface area contributed by atoms with Crippen molar-refractivity contribution in [3.05, 3.63) is 124 Å². The number of methoxy groups -OCH3 is 2. The van der Waals surface area contributed by atoms with Crippen LogP contribution in [0.25, 0.3) is 0 Å². The van der Waals surface area contributed by atoms with E-state index in [4.69, 9.17) is 23.7 Å². The Bertz CT molecular complexity index is 2790. The van der Waals surface area contributed by atoms with Crippen LogP contribution < -0.4 is 39.0 Å². The molecule has 1 fully saturated rings. The molecule has 0 saturated heterocycles. The lowest BCUT2D eigenvalue weighted by molar-refractivity contribution is -0.157. The number of Topliss-reactive ketones (excluding diaryl/α,β-unsaturated/α-hetero) is 2. The zero-order valence-corrected chi connectivity index (χ0v) is 37.7. The van der Waals surface area contributed by atoms with Gasteiger partial charge in [-0.1, -0.05) is 36.4 Å². The Labute approximate surface area is 388 Å². The van der Waals surface area contributed by atoms with Gasteiger partial charge in [-0.2, -0.15) is 0 Å². The summed E-state index contributed by atoms with van der Waals surface area (Å²) in [6.07, 6.45) is 0.797. The second-order valence-corrected chi connectivity index (χ2v) is 17.0. The number of benzene rings is 5. The highest BCUT2D eigenvalue weighted by molar-refractivity contribution is 6.13. The van der Waals surface area contributed by atoms with Crippen LogP contribution in [0.4, 0.5) is 28.4 Å². The van der Waals surface area contributed by atoms with Crippen molar-refractivity contribution in [2.75, 3.05) is 60.9 Å². The highest BCUT2D eigenvalue weighted by Gasteiger charge is 2.38. The number of rotatable bonds is 16. The second-order valence-electron chi connectivity index (χ2n) is 17.0. The molecule has 1 atom stereocenters. The molecule has 15 heteroatoms. The summed E-state index contributed by atoms with van der Waals surface area (Å²) < 4.78 is 29.7. The minimum absolute atomic E-state index is 0.0160. The van der Waals surface area contributed by atoms with Gasteiger partial charge in [-0.25, -0.2) is 0 Å². The van der Waals surface area contributed by atoms with E-state index in [1.165, 1.54) is 14.2 Å². The number of amides is 2. The Hall–Kier alpha value is -7.68. The van der Waals surface area contributed by atoms with E-state index in [1.807, 2.05) is 77.5 Å². The van der Waals surface area contributed by atoms with Gasteiger partial charge < -0.3 is 43.7 Å². The summed E-state index contributed by atoms with van der Waals surface area (Å²) in [4.78, 5) is 74.5. The standard InChI is InChI=1S/C52H51N5O10/c1-53-39-26-47(45(63-3)24-37(39)51(61)56-19-17-33-10-5-7-12-41(33)56)65-29-31-20-32(22-35(21-31)55(2)18-9-14-49(60)67-50-43(58)15-16-44(50)59)30-66-48-27-40-38(25-46(48)64-4)52(62)57-36(28-54-40)23-34-11-6-8-13-42(34)57/h5-8,10-13,20-22,24-27,36,50,54H,1,9,14-19,23,28-30H2,2-4H3/t36-/m0/s1. The molecule has 67 heavy (non-hydrogen) atoms. The SMILES string of the molecule is C=Nc1cc(OCc2cc(COc3cc4c(cc3OC)C(=O)N3c5ccccc5C[C@H]3CN4)cc(N(C)CCCC(=O)OC3C(=O)CCC3=O)c2)c(OC)cc1C(=O)N1CCc2ccccc21. The molecule has 344 valence electrons. The fourth-order valence-electron chi connectivity index (χ4n) is 9.28. The first-order chi connectivity index (χ1) is 32.5. The maximum absolute atomic E-state index is 14.1. The van der Waals surface area contributed by atoms with Crippen LogP contribution in [0.15, 0.2) is 96.0 Å². The number of fused-ring (bicyclic) bond motifs is 5. The molecule has 3 aliphatic heterocycles. The lowest BCUT2D eigenvalue weighted by Gasteiger charge is -2.23. The lowest BCUT2D eigenvalue weighted by Crippen LogP contribution is -2.39. The number of aliphatic imine (C=N–C) groups is 1. The zero-order valence-electron chi connectivity index (χ0n) is 37.7. The number of ketones is 2. The molecule has 5 aromatic rings. The monoisotopic (exact) mass is 905 g/mol. The number of para-hydroxylation sites is 2. The van der Waals surface area contributed by atoms with Gasteiger partial charge in [-0.05, 0) is 90.7 Å². The van der Waals surface area contributed by atoms with Gasteiger partial charge in [0.15, 0.2) is 34.6 Å². The van der Waals surface area contributed by atoms with Crippen molar-refractivity contribution in [2.45, 2.75) is 63.9 Å². The van der Waals surface area contributed by atoms with Crippen molar-refractivity contribution in [1.29, 1.82) is 0 Å². The van der Waals surface area contributed by atoms with Crippen LogP contribution in [0.2, 0.25) is 0 Å². The van der Waals surface area contributed by atoms with Crippen LogP contribution in [-0.4, -0.2) is 89.1 Å². The summed E-state index contributed by atoms with van der Waals surface area (Å²) >= 11 is 0. The fourth-order valence-corrected chi connectivity index (χ4v) is 9.28. The summed E-state index contributed by atoms with van der Waals surface area (Å²) in [5.74, 6) is -0.106. The van der Waals surface area contributed by atoms with Gasteiger partial charge in [0.25, 0.3) is 11.8 Å². The molecule has 3 heterocycles. The molecule has 4 aliphatic rings. The highest BCUT2D eigenvalue weighted by atomic mass is 16.6. The minimum Gasteiger partial charge on any atom is -0.493 e. The maximum Gasteiger partial charge on any atom is 0.307 e. The van der Waals surface area contributed by atoms with Crippen molar-refractivity contribution in [1.82, 2.24) is 0 Å². The average molecular weight is 906 g/mol. The van der Waals surface area contributed by atoms with Crippen LogP contribution >= 0.6 is 0 Å². The third kappa shape index (κ3) is 9.01. The summed E-state index contributed by atoms with van der Waals surface area (Å²) in [5.41, 5.74) is 8.19. The summed E-state index contributed by atoms with van der Waals surface area (Å²) in [6.45, 7) is 5.49. The molecular formula is C52H51N5O10. The predicted octanol–water partition coefficient (Wildman–Crippen LogP) is 7.45. The first-order valence-electron chi connectivity index (χ1n) is 22.3. The minimum atomic E-state index is -1.30. The van der Waals surface area contributed by atoms with Crippen molar-refractivity contribution in [3.8, 4) is 23.0 Å². The quantitative estimate of drug-likeness (QED) is 0.0592. The lowest BCUT2D eigenvalue weighted by atomic mass is 10.1. The van der Waals surface area contributed by atoms with E-state index in [2.05, 4.69) is 23.1 Å². The van der Waals surface area contributed by atoms with Gasteiger partial charge in [-0.15, -0.1) is 0 Å².